The summed E-state index contributed by atoms with van der Waals surface area (Å²) in [5.74, 6) is 0.702. The predicted molar refractivity (Wildman–Crippen MR) is 67.5 cm³/mol. The van der Waals surface area contributed by atoms with Gasteiger partial charge in [-0.25, -0.2) is 4.98 Å². The third kappa shape index (κ3) is 3.60. The zero-order valence-electron chi connectivity index (χ0n) is 10.5. The Morgan fingerprint density at radius 1 is 1.41 bits per heavy atom. The van der Waals surface area contributed by atoms with Crippen LogP contribution in [-0.4, -0.2) is 30.3 Å². The number of nitrogens with one attached hydrogen (secondary N) is 1. The molecule has 94 valence electrons. The highest BCUT2D eigenvalue weighted by molar-refractivity contribution is 5.52. The third-order valence-corrected chi connectivity index (χ3v) is 2.66. The quantitative estimate of drug-likeness (QED) is 0.872. The fraction of sp³-hybridized carbons (Fsp3) is 0.615. The van der Waals surface area contributed by atoms with Crippen LogP contribution in [0, 0.1) is 0 Å². The standard InChI is InChI=1S/C13H20N2O2/c1-10(2)15-12-4-3-7-14-13(12)17-11-5-8-16-9-6-11/h3-4,7,10-11,15H,5-6,8-9H2,1-2H3. The highest BCUT2D eigenvalue weighted by atomic mass is 16.5. The molecule has 0 bridgehead atoms. The van der Waals surface area contributed by atoms with Crippen LogP contribution in [-0.2, 0) is 4.74 Å². The van der Waals surface area contributed by atoms with Crippen LogP contribution in [0.2, 0.25) is 0 Å². The lowest BCUT2D eigenvalue weighted by Gasteiger charge is -2.24. The number of anilines is 1. The number of hydrogen-bond acceptors (Lipinski definition) is 4. The van der Waals surface area contributed by atoms with Crippen LogP contribution in [0.3, 0.4) is 0 Å². The van der Waals surface area contributed by atoms with E-state index in [-0.39, 0.29) is 6.10 Å². The predicted octanol–water partition coefficient (Wildman–Crippen LogP) is 2.46. The summed E-state index contributed by atoms with van der Waals surface area (Å²) in [5, 5.41) is 3.34. The van der Waals surface area contributed by atoms with Gasteiger partial charge in [-0.2, -0.15) is 0 Å². The molecule has 0 unspecified atom stereocenters. The molecule has 0 radical (unpaired) electrons. The summed E-state index contributed by atoms with van der Waals surface area (Å²) in [5.41, 5.74) is 0.967. The molecule has 1 aliphatic rings. The number of hydrogen-bond donors (Lipinski definition) is 1. The number of pyridine rings is 1. The molecule has 2 heterocycles. The highest BCUT2D eigenvalue weighted by Gasteiger charge is 2.17. The molecule has 4 nitrogen and oxygen atoms in total. The van der Waals surface area contributed by atoms with E-state index in [1.807, 2.05) is 12.1 Å². The van der Waals surface area contributed by atoms with Gasteiger partial charge >= 0.3 is 0 Å². The molecule has 0 aromatic carbocycles. The summed E-state index contributed by atoms with van der Waals surface area (Å²) in [6.07, 6.45) is 3.88. The molecular weight excluding hydrogens is 216 g/mol. The Morgan fingerprint density at radius 3 is 2.88 bits per heavy atom. The van der Waals surface area contributed by atoms with E-state index in [2.05, 4.69) is 24.1 Å². The van der Waals surface area contributed by atoms with Crippen molar-refractivity contribution in [1.82, 2.24) is 4.98 Å². The van der Waals surface area contributed by atoms with E-state index < -0.39 is 0 Å². The van der Waals surface area contributed by atoms with Gasteiger partial charge in [-0.05, 0) is 26.0 Å². The normalized spacial score (nSPS) is 17.1. The van der Waals surface area contributed by atoms with E-state index >= 15 is 0 Å². The summed E-state index contributed by atoms with van der Waals surface area (Å²) in [4.78, 5) is 4.30. The second-order valence-corrected chi connectivity index (χ2v) is 4.58. The molecule has 1 aromatic heterocycles. The van der Waals surface area contributed by atoms with E-state index in [9.17, 15) is 0 Å². The minimum atomic E-state index is 0.228. The van der Waals surface area contributed by atoms with Gasteiger partial charge < -0.3 is 14.8 Å². The van der Waals surface area contributed by atoms with Crippen molar-refractivity contribution in [3.8, 4) is 5.88 Å². The summed E-state index contributed by atoms with van der Waals surface area (Å²) >= 11 is 0. The highest BCUT2D eigenvalue weighted by Crippen LogP contribution is 2.24. The molecule has 0 amide bonds. The minimum absolute atomic E-state index is 0.228. The lowest BCUT2D eigenvalue weighted by Crippen LogP contribution is -2.26. The zero-order chi connectivity index (χ0) is 12.1. The van der Waals surface area contributed by atoms with Crippen LogP contribution in [0.25, 0.3) is 0 Å². The van der Waals surface area contributed by atoms with E-state index in [1.165, 1.54) is 0 Å². The molecule has 0 saturated carbocycles. The maximum absolute atomic E-state index is 5.93. The summed E-state index contributed by atoms with van der Waals surface area (Å²) in [6.45, 7) is 5.77. The van der Waals surface area contributed by atoms with Crippen molar-refractivity contribution in [3.63, 3.8) is 0 Å². The van der Waals surface area contributed by atoms with Crippen LogP contribution < -0.4 is 10.1 Å². The number of nitrogens with zero attached hydrogens (tertiary/aromatic N) is 1. The summed E-state index contributed by atoms with van der Waals surface area (Å²) in [6, 6.07) is 4.29. The second-order valence-electron chi connectivity index (χ2n) is 4.58. The SMILES string of the molecule is CC(C)Nc1cccnc1OC1CCOCC1. The molecule has 17 heavy (non-hydrogen) atoms. The molecule has 0 aliphatic carbocycles. The van der Waals surface area contributed by atoms with Crippen LogP contribution in [0.4, 0.5) is 5.69 Å². The Balaban J connectivity index is 2.03. The number of aromatic nitrogens is 1. The summed E-state index contributed by atoms with van der Waals surface area (Å²) in [7, 11) is 0. The van der Waals surface area contributed by atoms with Crippen molar-refractivity contribution in [2.75, 3.05) is 18.5 Å². The van der Waals surface area contributed by atoms with Crippen LogP contribution in [0.1, 0.15) is 26.7 Å². The van der Waals surface area contributed by atoms with E-state index in [1.54, 1.807) is 6.20 Å². The van der Waals surface area contributed by atoms with E-state index in [0.717, 1.165) is 31.7 Å². The van der Waals surface area contributed by atoms with Gasteiger partial charge in [0.25, 0.3) is 0 Å². The Bertz CT molecular complexity index is 349. The topological polar surface area (TPSA) is 43.4 Å². The summed E-state index contributed by atoms with van der Waals surface area (Å²) < 4.78 is 11.2. The number of rotatable bonds is 4. The van der Waals surface area contributed by atoms with Gasteiger partial charge in [-0.1, -0.05) is 0 Å². The fourth-order valence-electron chi connectivity index (χ4n) is 1.86. The maximum Gasteiger partial charge on any atom is 0.237 e. The molecule has 0 atom stereocenters. The Labute approximate surface area is 102 Å². The van der Waals surface area contributed by atoms with Gasteiger partial charge in [0.1, 0.15) is 6.10 Å². The lowest BCUT2D eigenvalue weighted by atomic mass is 10.1. The first-order valence-electron chi connectivity index (χ1n) is 6.21. The van der Waals surface area contributed by atoms with Gasteiger partial charge in [0.15, 0.2) is 0 Å². The molecule has 1 aliphatic heterocycles. The lowest BCUT2D eigenvalue weighted by molar-refractivity contribution is 0.0240. The van der Waals surface area contributed by atoms with E-state index in [4.69, 9.17) is 9.47 Å². The fourth-order valence-corrected chi connectivity index (χ4v) is 1.86. The first kappa shape index (κ1) is 12.2. The van der Waals surface area contributed by atoms with Crippen molar-refractivity contribution in [3.05, 3.63) is 18.3 Å². The Hall–Kier alpha value is -1.29. The Kier molecular flexibility index (Phi) is 4.20. The van der Waals surface area contributed by atoms with Crippen LogP contribution >= 0.6 is 0 Å². The molecule has 1 saturated heterocycles. The van der Waals surface area contributed by atoms with Crippen molar-refractivity contribution >= 4 is 5.69 Å². The first-order chi connectivity index (χ1) is 8.25. The smallest absolute Gasteiger partial charge is 0.237 e. The van der Waals surface area contributed by atoms with Crippen molar-refractivity contribution < 1.29 is 9.47 Å². The molecule has 0 spiro atoms. The minimum Gasteiger partial charge on any atom is -0.473 e. The molecule has 4 heteroatoms. The van der Waals surface area contributed by atoms with E-state index in [0.29, 0.717) is 11.9 Å². The van der Waals surface area contributed by atoms with Crippen LogP contribution in [0.5, 0.6) is 5.88 Å². The zero-order valence-corrected chi connectivity index (χ0v) is 10.5. The maximum atomic E-state index is 5.93. The first-order valence-corrected chi connectivity index (χ1v) is 6.21. The van der Waals surface area contributed by atoms with Crippen molar-refractivity contribution in [2.45, 2.75) is 38.8 Å². The van der Waals surface area contributed by atoms with Crippen molar-refractivity contribution in [1.29, 1.82) is 0 Å². The average Bonchev–Trinajstić information content (AvgIpc) is 2.32. The van der Waals surface area contributed by atoms with Crippen molar-refractivity contribution in [2.24, 2.45) is 0 Å². The molecule has 1 aromatic rings. The monoisotopic (exact) mass is 236 g/mol. The molecule has 1 N–H and O–H groups in total. The van der Waals surface area contributed by atoms with Gasteiger partial charge in [0, 0.05) is 25.1 Å². The largest absolute Gasteiger partial charge is 0.473 e. The second kappa shape index (κ2) is 5.87. The van der Waals surface area contributed by atoms with Crippen LogP contribution in [0.15, 0.2) is 18.3 Å². The van der Waals surface area contributed by atoms with Gasteiger partial charge in [-0.3, -0.25) is 0 Å². The van der Waals surface area contributed by atoms with Gasteiger partial charge in [0.2, 0.25) is 5.88 Å². The Morgan fingerprint density at radius 2 is 2.18 bits per heavy atom. The molecule has 2 rings (SSSR count). The average molecular weight is 236 g/mol. The number of ether oxygens (including phenoxy) is 2. The van der Waals surface area contributed by atoms with Gasteiger partial charge in [0.05, 0.1) is 18.9 Å². The third-order valence-electron chi connectivity index (χ3n) is 2.66. The molecule has 1 fully saturated rings. The molecular formula is C13H20N2O2. The van der Waals surface area contributed by atoms with Gasteiger partial charge in [-0.15, -0.1) is 0 Å².